The highest BCUT2D eigenvalue weighted by atomic mass is 16.6. The molecule has 2 N–H and O–H groups in total. The maximum atomic E-state index is 12.2. The van der Waals surface area contributed by atoms with Gasteiger partial charge in [0.1, 0.15) is 5.78 Å². The van der Waals surface area contributed by atoms with Crippen LogP contribution in [-0.2, 0) is 19.1 Å². The molecule has 9 unspecified atom stereocenters. The number of hydrogen-bond acceptors (Lipinski definition) is 5. The average molecular weight is 464 g/mol. The topological polar surface area (TPSA) is 92.7 Å². The van der Waals surface area contributed by atoms with Gasteiger partial charge in [0.25, 0.3) is 6.47 Å². The van der Waals surface area contributed by atoms with Crippen molar-refractivity contribution in [3.05, 3.63) is 0 Å². The predicted octanol–water partition coefficient (Wildman–Crippen LogP) is 5.05. The molecular weight excluding hydrogens is 418 g/mol. The molecular formula is C27H45NO5. The van der Waals surface area contributed by atoms with Gasteiger partial charge in [0.15, 0.2) is 6.23 Å². The number of carbonyl (C=O) groups is 3. The van der Waals surface area contributed by atoms with Crippen LogP contribution >= 0.6 is 0 Å². The van der Waals surface area contributed by atoms with Crippen LogP contribution in [0.2, 0.25) is 0 Å². The van der Waals surface area contributed by atoms with Gasteiger partial charge in [-0.2, -0.15) is 0 Å². The van der Waals surface area contributed by atoms with E-state index in [1.54, 1.807) is 6.92 Å². The predicted molar refractivity (Wildman–Crippen MR) is 127 cm³/mol. The first-order valence-corrected chi connectivity index (χ1v) is 13.1. The Morgan fingerprint density at radius 3 is 2.21 bits per heavy atom. The molecule has 6 nitrogen and oxygen atoms in total. The molecule has 33 heavy (non-hydrogen) atoms. The number of hydrogen-bond donors (Lipinski definition) is 2. The molecule has 1 heterocycles. The van der Waals surface area contributed by atoms with E-state index in [1.165, 1.54) is 57.8 Å². The number of cyclic esters (lactones) is 1. The first-order chi connectivity index (χ1) is 15.6. The first-order valence-electron chi connectivity index (χ1n) is 13.1. The van der Waals surface area contributed by atoms with Crippen molar-refractivity contribution in [2.24, 2.45) is 46.3 Å². The van der Waals surface area contributed by atoms with Gasteiger partial charge < -0.3 is 9.84 Å². The van der Waals surface area contributed by atoms with Crippen molar-refractivity contribution in [3.8, 4) is 0 Å². The van der Waals surface area contributed by atoms with Crippen LogP contribution in [0.25, 0.3) is 0 Å². The summed E-state index contributed by atoms with van der Waals surface area (Å²) in [5, 5.41) is 9.69. The zero-order valence-electron chi connectivity index (χ0n) is 21.3. The number of rotatable bonds is 1. The summed E-state index contributed by atoms with van der Waals surface area (Å²) in [6.45, 7) is 11.4. The van der Waals surface area contributed by atoms with E-state index >= 15 is 0 Å². The largest absolute Gasteiger partial charge is 0.483 e. The molecule has 188 valence electrons. The normalized spacial score (nSPS) is 45.6. The van der Waals surface area contributed by atoms with Gasteiger partial charge in [0.2, 0.25) is 0 Å². The summed E-state index contributed by atoms with van der Waals surface area (Å²) in [6.07, 6.45) is 12.5. The maximum absolute atomic E-state index is 12.2. The second-order valence-electron chi connectivity index (χ2n) is 11.9. The van der Waals surface area contributed by atoms with Crippen LogP contribution in [0.15, 0.2) is 0 Å². The lowest BCUT2D eigenvalue weighted by Gasteiger charge is -2.61. The highest BCUT2D eigenvalue weighted by molar-refractivity contribution is 5.79. The summed E-state index contributed by atoms with van der Waals surface area (Å²) in [5.41, 5.74) is 0.948. The van der Waals surface area contributed by atoms with Crippen LogP contribution in [-0.4, -0.2) is 36.1 Å². The number of carboxylic acid groups (broad SMARTS) is 1. The number of esters is 1. The molecule has 0 aromatic heterocycles. The van der Waals surface area contributed by atoms with E-state index in [4.69, 9.17) is 9.90 Å². The fourth-order valence-electron chi connectivity index (χ4n) is 8.65. The Morgan fingerprint density at radius 1 is 1.03 bits per heavy atom. The molecule has 0 amide bonds. The summed E-state index contributed by atoms with van der Waals surface area (Å²) in [6, 6.07) is 0. The molecule has 0 aromatic rings. The lowest BCUT2D eigenvalue weighted by molar-refractivity contribution is -0.140. The standard InChI is InChI=1S/C22H36O.C4H7NO2.CH2O2/c1-14-9-11-21(3)16(13-14)5-6-17-19-8-7-18(15(2)23)22(19,4)12-10-20(17)21;1-3-5-2-4(6)7-3;2-1-3/h14,16-20H,5-13H2,1-4H3;3,5H,2H2,1H3;1H,(H,2,3). The van der Waals surface area contributed by atoms with Gasteiger partial charge in [-0.05, 0) is 106 Å². The van der Waals surface area contributed by atoms with Gasteiger partial charge in [-0.1, -0.05) is 27.2 Å². The molecule has 9 atom stereocenters. The minimum atomic E-state index is -0.250. The number of ether oxygens (including phenoxy) is 1. The van der Waals surface area contributed by atoms with Gasteiger partial charge in [-0.25, -0.2) is 0 Å². The highest BCUT2D eigenvalue weighted by Crippen LogP contribution is 2.67. The minimum Gasteiger partial charge on any atom is -0.483 e. The Morgan fingerprint density at radius 2 is 1.67 bits per heavy atom. The Labute approximate surface area is 199 Å². The lowest BCUT2D eigenvalue weighted by Crippen LogP contribution is -2.53. The quantitative estimate of drug-likeness (QED) is 0.418. The average Bonchev–Trinajstić information content (AvgIpc) is 3.31. The number of fused-ring (bicyclic) bond motifs is 5. The summed E-state index contributed by atoms with van der Waals surface area (Å²) >= 11 is 0. The van der Waals surface area contributed by atoms with Crippen molar-refractivity contribution in [1.29, 1.82) is 0 Å². The van der Waals surface area contributed by atoms with Crippen LogP contribution in [0, 0.1) is 46.3 Å². The Bertz CT molecular complexity index is 725. The molecule has 0 radical (unpaired) electrons. The van der Waals surface area contributed by atoms with Gasteiger partial charge in [0, 0.05) is 5.92 Å². The van der Waals surface area contributed by atoms with E-state index in [0.29, 0.717) is 29.1 Å². The third-order valence-corrected chi connectivity index (χ3v) is 10.3. The Hall–Kier alpha value is -1.43. The minimum absolute atomic E-state index is 0.0764. The smallest absolute Gasteiger partial charge is 0.321 e. The molecule has 5 aliphatic rings. The second-order valence-corrected chi connectivity index (χ2v) is 11.9. The Balaban J connectivity index is 0.000000257. The zero-order chi connectivity index (χ0) is 24.4. The van der Waals surface area contributed by atoms with Gasteiger partial charge in [-0.15, -0.1) is 0 Å². The van der Waals surface area contributed by atoms with Crippen LogP contribution in [0.3, 0.4) is 0 Å². The molecule has 5 rings (SSSR count). The third kappa shape index (κ3) is 5.16. The molecule has 1 saturated heterocycles. The third-order valence-electron chi connectivity index (χ3n) is 10.3. The van der Waals surface area contributed by atoms with E-state index in [1.807, 2.05) is 6.92 Å². The highest BCUT2D eigenvalue weighted by Gasteiger charge is 2.60. The molecule has 4 saturated carbocycles. The molecule has 4 aliphatic carbocycles. The summed E-state index contributed by atoms with van der Waals surface area (Å²) < 4.78 is 4.61. The fraction of sp³-hybridized carbons (Fsp3) is 0.889. The fourth-order valence-corrected chi connectivity index (χ4v) is 8.65. The van der Waals surface area contributed by atoms with Crippen LogP contribution in [0.4, 0.5) is 0 Å². The number of nitrogens with one attached hydrogen (secondary N) is 1. The van der Waals surface area contributed by atoms with Crippen molar-refractivity contribution in [3.63, 3.8) is 0 Å². The molecule has 0 bridgehead atoms. The molecule has 0 aromatic carbocycles. The van der Waals surface area contributed by atoms with Crippen LogP contribution in [0.5, 0.6) is 0 Å². The van der Waals surface area contributed by atoms with Crippen LogP contribution in [0.1, 0.15) is 92.4 Å². The lowest BCUT2D eigenvalue weighted by atomic mass is 9.44. The number of Topliss-reactive ketones (excluding diaryl/α,β-unsaturated/α-hetero) is 1. The number of carbonyl (C=O) groups excluding carboxylic acids is 2. The maximum Gasteiger partial charge on any atom is 0.321 e. The second kappa shape index (κ2) is 10.5. The van der Waals surface area contributed by atoms with E-state index in [0.717, 1.165) is 29.6 Å². The van der Waals surface area contributed by atoms with Gasteiger partial charge in [-0.3, -0.25) is 19.7 Å². The first kappa shape index (κ1) is 26.2. The van der Waals surface area contributed by atoms with Gasteiger partial charge >= 0.3 is 5.97 Å². The zero-order valence-corrected chi connectivity index (χ0v) is 21.3. The van der Waals surface area contributed by atoms with Gasteiger partial charge in [0.05, 0.1) is 6.54 Å². The van der Waals surface area contributed by atoms with Crippen molar-refractivity contribution >= 4 is 18.2 Å². The Kier molecular flexibility index (Phi) is 8.29. The summed E-state index contributed by atoms with van der Waals surface area (Å²) in [4.78, 5) is 30.7. The van der Waals surface area contributed by atoms with Crippen molar-refractivity contribution in [1.82, 2.24) is 5.32 Å². The van der Waals surface area contributed by atoms with Crippen molar-refractivity contribution in [2.45, 2.75) is 98.6 Å². The van der Waals surface area contributed by atoms with Crippen LogP contribution < -0.4 is 5.32 Å². The van der Waals surface area contributed by atoms with E-state index in [9.17, 15) is 9.59 Å². The molecule has 0 spiro atoms. The summed E-state index contributed by atoms with van der Waals surface area (Å²) in [7, 11) is 0. The van der Waals surface area contributed by atoms with Crippen molar-refractivity contribution < 1.29 is 24.2 Å². The van der Waals surface area contributed by atoms with E-state index in [2.05, 4.69) is 30.8 Å². The van der Waals surface area contributed by atoms with Crippen molar-refractivity contribution in [2.75, 3.05) is 6.54 Å². The monoisotopic (exact) mass is 463 g/mol. The van der Waals surface area contributed by atoms with E-state index < -0.39 is 0 Å². The van der Waals surface area contributed by atoms with E-state index in [-0.39, 0.29) is 18.7 Å². The molecule has 1 aliphatic heterocycles. The number of ketones is 1. The SMILES string of the molecule is CC(=O)C1CCC2C3CCC4CC(C)CCC4(C)C3CCC12C.CC1NCC(=O)O1.O=CO. The molecule has 6 heteroatoms. The summed E-state index contributed by atoms with van der Waals surface area (Å²) in [5.74, 6) is 5.34. The molecule has 5 fully saturated rings.